The smallest absolute Gasteiger partial charge is 0.315 e. The molecular weight excluding hydrogens is 414 g/mol. The molecule has 11 nitrogen and oxygen atoms in total. The number of phenols is 1. The first-order chi connectivity index (χ1) is 15.5. The van der Waals surface area contributed by atoms with Crippen molar-refractivity contribution in [2.24, 2.45) is 5.10 Å². The Balaban J connectivity index is 1.65. The number of nitrogens with zero attached hydrogens (tertiary/aromatic N) is 6. The normalized spacial score (nSPS) is 11.4. The molecule has 2 aromatic heterocycles. The number of hydrazone groups is 1. The van der Waals surface area contributed by atoms with Gasteiger partial charge in [-0.15, -0.1) is 10.2 Å². The van der Waals surface area contributed by atoms with Crippen LogP contribution >= 0.6 is 0 Å². The molecule has 2 aromatic carbocycles. The second-order valence-electron chi connectivity index (χ2n) is 7.05. The summed E-state index contributed by atoms with van der Waals surface area (Å²) in [6, 6.07) is 10.6. The maximum Gasteiger partial charge on any atom is 0.315 e. The Morgan fingerprint density at radius 2 is 2.12 bits per heavy atom. The summed E-state index contributed by atoms with van der Waals surface area (Å²) in [5.74, 6) is -0.379. The molecule has 0 fully saturated rings. The summed E-state index contributed by atoms with van der Waals surface area (Å²) in [5.41, 5.74) is 5.04. The minimum atomic E-state index is -0.696. The molecule has 0 saturated carbocycles. The second kappa shape index (κ2) is 8.84. The SMILES string of the molecule is CCCCn1c2ccccc2c2nnc(N/N=C/c3cc(OC)c(O)c([N+](=O)[O-])c3)nc21. The monoisotopic (exact) mass is 435 g/mol. The fourth-order valence-corrected chi connectivity index (χ4v) is 3.44. The van der Waals surface area contributed by atoms with Gasteiger partial charge in [-0.05, 0) is 18.6 Å². The summed E-state index contributed by atoms with van der Waals surface area (Å²) in [4.78, 5) is 15.0. The van der Waals surface area contributed by atoms with Gasteiger partial charge in [-0.1, -0.05) is 31.5 Å². The number of phenolic OH excluding ortho intramolecular Hbond substituents is 1. The summed E-state index contributed by atoms with van der Waals surface area (Å²) < 4.78 is 7.11. The molecule has 11 heteroatoms. The number of anilines is 1. The number of rotatable bonds is 8. The van der Waals surface area contributed by atoms with Gasteiger partial charge < -0.3 is 14.4 Å². The third-order valence-corrected chi connectivity index (χ3v) is 4.98. The summed E-state index contributed by atoms with van der Waals surface area (Å²) >= 11 is 0. The van der Waals surface area contributed by atoms with Crippen molar-refractivity contribution in [2.45, 2.75) is 26.3 Å². The number of benzene rings is 2. The molecule has 0 spiro atoms. The Morgan fingerprint density at radius 3 is 2.88 bits per heavy atom. The van der Waals surface area contributed by atoms with Crippen LogP contribution in [0.1, 0.15) is 25.3 Å². The maximum atomic E-state index is 11.1. The van der Waals surface area contributed by atoms with Crippen molar-refractivity contribution in [3.8, 4) is 11.5 Å². The van der Waals surface area contributed by atoms with E-state index in [4.69, 9.17) is 4.74 Å². The molecule has 2 heterocycles. The standard InChI is InChI=1S/C21H21N7O4/c1-3-4-9-27-15-8-6-5-7-14(15)18-20(27)23-21(26-24-18)25-22-12-13-10-16(28(30)31)19(29)17(11-13)32-2/h5-8,10-12,29H,3-4,9H2,1-2H3,(H,23,25,26)/b22-12+. The molecule has 0 amide bonds. The molecule has 0 aliphatic heterocycles. The number of unbranched alkanes of at least 4 members (excludes halogenated alkanes) is 1. The van der Waals surface area contributed by atoms with Gasteiger partial charge in [0.25, 0.3) is 5.95 Å². The number of aromatic hydroxyl groups is 1. The number of hydrogen-bond donors (Lipinski definition) is 2. The molecule has 0 radical (unpaired) electrons. The van der Waals surface area contributed by atoms with Crippen molar-refractivity contribution in [3.63, 3.8) is 0 Å². The van der Waals surface area contributed by atoms with Crippen LogP contribution in [-0.2, 0) is 6.54 Å². The highest BCUT2D eigenvalue weighted by atomic mass is 16.6. The predicted molar refractivity (Wildman–Crippen MR) is 120 cm³/mol. The molecule has 4 aromatic rings. The van der Waals surface area contributed by atoms with Crippen LogP contribution in [0.25, 0.3) is 22.1 Å². The Labute approximate surface area is 182 Å². The van der Waals surface area contributed by atoms with Gasteiger partial charge in [0.2, 0.25) is 5.75 Å². The first-order valence-electron chi connectivity index (χ1n) is 9.99. The third-order valence-electron chi connectivity index (χ3n) is 4.98. The predicted octanol–water partition coefficient (Wildman–Crippen LogP) is 3.85. The lowest BCUT2D eigenvalue weighted by atomic mass is 10.2. The topological polar surface area (TPSA) is 141 Å². The average Bonchev–Trinajstić information content (AvgIpc) is 3.11. The number of hydrogen-bond acceptors (Lipinski definition) is 9. The fourth-order valence-electron chi connectivity index (χ4n) is 3.44. The minimum Gasteiger partial charge on any atom is -0.500 e. The van der Waals surface area contributed by atoms with Crippen molar-refractivity contribution in [3.05, 3.63) is 52.1 Å². The van der Waals surface area contributed by atoms with Gasteiger partial charge in [0.1, 0.15) is 5.52 Å². The van der Waals surface area contributed by atoms with E-state index in [2.05, 4.69) is 37.2 Å². The summed E-state index contributed by atoms with van der Waals surface area (Å²) in [7, 11) is 1.31. The number of nitrogens with one attached hydrogen (secondary N) is 1. The van der Waals surface area contributed by atoms with E-state index in [1.54, 1.807) is 0 Å². The van der Waals surface area contributed by atoms with E-state index >= 15 is 0 Å². The number of aryl methyl sites for hydroxylation is 1. The van der Waals surface area contributed by atoms with Crippen LogP contribution in [0.4, 0.5) is 11.6 Å². The molecule has 0 aliphatic rings. The van der Waals surface area contributed by atoms with Crippen molar-refractivity contribution in [1.82, 2.24) is 19.7 Å². The van der Waals surface area contributed by atoms with E-state index < -0.39 is 16.4 Å². The average molecular weight is 435 g/mol. The van der Waals surface area contributed by atoms with Crippen LogP contribution in [0.2, 0.25) is 0 Å². The number of aromatic nitrogens is 4. The molecule has 0 unspecified atom stereocenters. The molecule has 0 atom stereocenters. The van der Waals surface area contributed by atoms with Crippen LogP contribution in [0.15, 0.2) is 41.5 Å². The highest BCUT2D eigenvalue weighted by Crippen LogP contribution is 2.36. The summed E-state index contributed by atoms with van der Waals surface area (Å²) in [6.45, 7) is 2.93. The lowest BCUT2D eigenvalue weighted by Gasteiger charge is -2.06. The fraction of sp³-hybridized carbons (Fsp3) is 0.238. The number of fused-ring (bicyclic) bond motifs is 3. The van der Waals surface area contributed by atoms with Crippen LogP contribution in [0, 0.1) is 10.1 Å². The van der Waals surface area contributed by atoms with Crippen LogP contribution in [0.3, 0.4) is 0 Å². The van der Waals surface area contributed by atoms with Crippen LogP contribution in [0.5, 0.6) is 11.5 Å². The van der Waals surface area contributed by atoms with Crippen LogP contribution < -0.4 is 10.2 Å². The quantitative estimate of drug-likeness (QED) is 0.242. The molecular formula is C21H21N7O4. The molecule has 32 heavy (non-hydrogen) atoms. The molecule has 0 aliphatic carbocycles. The van der Waals surface area contributed by atoms with Crippen molar-refractivity contribution >= 4 is 39.9 Å². The van der Waals surface area contributed by atoms with Gasteiger partial charge in [-0.25, -0.2) is 5.43 Å². The molecule has 0 saturated heterocycles. The number of para-hydroxylation sites is 1. The van der Waals surface area contributed by atoms with E-state index in [0.29, 0.717) is 16.7 Å². The molecule has 4 rings (SSSR count). The van der Waals surface area contributed by atoms with E-state index in [1.165, 1.54) is 25.5 Å². The molecule has 0 bridgehead atoms. The first-order valence-corrected chi connectivity index (χ1v) is 9.99. The Bertz CT molecular complexity index is 1330. The van der Waals surface area contributed by atoms with Gasteiger partial charge >= 0.3 is 5.69 Å². The van der Waals surface area contributed by atoms with E-state index in [1.807, 2.05) is 24.3 Å². The Kier molecular flexibility index (Phi) is 5.79. The van der Waals surface area contributed by atoms with Gasteiger partial charge in [0, 0.05) is 23.6 Å². The van der Waals surface area contributed by atoms with Crippen LogP contribution in [-0.4, -0.2) is 43.1 Å². The third kappa shape index (κ3) is 3.87. The van der Waals surface area contributed by atoms with E-state index in [9.17, 15) is 15.2 Å². The van der Waals surface area contributed by atoms with Crippen molar-refractivity contribution in [1.29, 1.82) is 0 Å². The zero-order valence-corrected chi connectivity index (χ0v) is 17.5. The minimum absolute atomic E-state index is 0.0274. The Hall–Kier alpha value is -4.28. The zero-order chi connectivity index (χ0) is 22.7. The lowest BCUT2D eigenvalue weighted by molar-refractivity contribution is -0.386. The van der Waals surface area contributed by atoms with Gasteiger partial charge in [-0.3, -0.25) is 10.1 Å². The highest BCUT2D eigenvalue weighted by Gasteiger charge is 2.19. The van der Waals surface area contributed by atoms with E-state index in [-0.39, 0.29) is 11.7 Å². The number of methoxy groups -OCH3 is 1. The highest BCUT2D eigenvalue weighted by molar-refractivity contribution is 6.04. The summed E-state index contributed by atoms with van der Waals surface area (Å²) in [6.07, 6.45) is 3.39. The zero-order valence-electron chi connectivity index (χ0n) is 17.5. The van der Waals surface area contributed by atoms with E-state index in [0.717, 1.165) is 30.3 Å². The maximum absolute atomic E-state index is 11.1. The number of nitro benzene ring substituents is 1. The molecule has 164 valence electrons. The second-order valence-corrected chi connectivity index (χ2v) is 7.05. The lowest BCUT2D eigenvalue weighted by Crippen LogP contribution is -2.03. The largest absolute Gasteiger partial charge is 0.500 e. The van der Waals surface area contributed by atoms with Crippen molar-refractivity contribution < 1.29 is 14.8 Å². The van der Waals surface area contributed by atoms with Crippen molar-refractivity contribution in [2.75, 3.05) is 12.5 Å². The number of ether oxygens (including phenoxy) is 1. The van der Waals surface area contributed by atoms with Gasteiger partial charge in [0.05, 0.1) is 23.8 Å². The van der Waals surface area contributed by atoms with Gasteiger partial charge in [0.15, 0.2) is 11.4 Å². The van der Waals surface area contributed by atoms with Gasteiger partial charge in [-0.2, -0.15) is 10.1 Å². The first kappa shape index (κ1) is 21.0. The number of nitro groups is 1. The molecule has 2 N–H and O–H groups in total. The Morgan fingerprint density at radius 1 is 1.31 bits per heavy atom. The summed E-state index contributed by atoms with van der Waals surface area (Å²) in [5, 5.41) is 34.5.